The summed E-state index contributed by atoms with van der Waals surface area (Å²) in [5, 5.41) is 9.02. The summed E-state index contributed by atoms with van der Waals surface area (Å²) >= 11 is 0. The number of hydrogen-bond donors (Lipinski definition) is 1. The van der Waals surface area contributed by atoms with Crippen LogP contribution in [0.4, 0.5) is 0 Å². The maximum atomic E-state index is 12.1. The van der Waals surface area contributed by atoms with Crippen LogP contribution in [0.25, 0.3) is 0 Å². The summed E-state index contributed by atoms with van der Waals surface area (Å²) in [7, 11) is 1.78. The number of rotatable bonds is 6. The summed E-state index contributed by atoms with van der Waals surface area (Å²) in [5.74, 6) is 0.654. The van der Waals surface area contributed by atoms with Gasteiger partial charge >= 0.3 is 0 Å². The Hall–Kier alpha value is -2.33. The number of carbonyl (C=O) groups excluding carboxylic acids is 1. The highest BCUT2D eigenvalue weighted by atomic mass is 16.5. The molecule has 0 aliphatic carbocycles. The van der Waals surface area contributed by atoms with Crippen molar-refractivity contribution in [2.24, 2.45) is 0 Å². The molecule has 0 aromatic heterocycles. The van der Waals surface area contributed by atoms with Crippen LogP contribution in [0, 0.1) is 0 Å². The van der Waals surface area contributed by atoms with Gasteiger partial charge in [0.2, 0.25) is 0 Å². The SMILES string of the molecule is CCN(C)C(=O)c1cccc(OCc2ccc(CO)cc2)c1. The molecule has 0 atom stereocenters. The largest absolute Gasteiger partial charge is 0.489 e. The zero-order valence-electron chi connectivity index (χ0n) is 13.0. The lowest BCUT2D eigenvalue weighted by molar-refractivity contribution is 0.0802. The van der Waals surface area contributed by atoms with Crippen molar-refractivity contribution in [1.82, 2.24) is 4.90 Å². The Bertz CT molecular complexity index is 622. The normalized spacial score (nSPS) is 10.3. The van der Waals surface area contributed by atoms with E-state index in [-0.39, 0.29) is 12.5 Å². The van der Waals surface area contributed by atoms with Crippen LogP contribution >= 0.6 is 0 Å². The highest BCUT2D eigenvalue weighted by molar-refractivity contribution is 5.94. The smallest absolute Gasteiger partial charge is 0.253 e. The van der Waals surface area contributed by atoms with Gasteiger partial charge in [0.05, 0.1) is 6.61 Å². The molecular formula is C18H21NO3. The van der Waals surface area contributed by atoms with Gasteiger partial charge in [-0.3, -0.25) is 4.79 Å². The quantitative estimate of drug-likeness (QED) is 0.892. The van der Waals surface area contributed by atoms with Gasteiger partial charge in [0, 0.05) is 19.2 Å². The second-order valence-corrected chi connectivity index (χ2v) is 5.11. The van der Waals surface area contributed by atoms with Crippen molar-refractivity contribution in [3.63, 3.8) is 0 Å². The number of hydrogen-bond acceptors (Lipinski definition) is 3. The van der Waals surface area contributed by atoms with Crippen LogP contribution in [0.2, 0.25) is 0 Å². The van der Waals surface area contributed by atoms with Crippen LogP contribution in [0.15, 0.2) is 48.5 Å². The zero-order valence-corrected chi connectivity index (χ0v) is 13.0. The lowest BCUT2D eigenvalue weighted by atomic mass is 10.1. The van der Waals surface area contributed by atoms with Crippen molar-refractivity contribution in [2.45, 2.75) is 20.1 Å². The molecule has 22 heavy (non-hydrogen) atoms. The summed E-state index contributed by atoms with van der Waals surface area (Å²) in [6.45, 7) is 3.07. The minimum absolute atomic E-state index is 0.0137. The molecule has 2 rings (SSSR count). The van der Waals surface area contributed by atoms with Gasteiger partial charge in [0.25, 0.3) is 5.91 Å². The standard InChI is InChI=1S/C18H21NO3/c1-3-19(2)18(21)16-5-4-6-17(11-16)22-13-15-9-7-14(12-20)8-10-15/h4-11,20H,3,12-13H2,1-2H3. The molecular weight excluding hydrogens is 278 g/mol. The first-order valence-corrected chi connectivity index (χ1v) is 7.31. The highest BCUT2D eigenvalue weighted by Crippen LogP contribution is 2.16. The number of aliphatic hydroxyl groups excluding tert-OH is 1. The van der Waals surface area contributed by atoms with Crippen LogP contribution in [-0.4, -0.2) is 29.5 Å². The molecule has 4 nitrogen and oxygen atoms in total. The molecule has 0 aliphatic rings. The van der Waals surface area contributed by atoms with E-state index < -0.39 is 0 Å². The lowest BCUT2D eigenvalue weighted by Gasteiger charge is -2.15. The van der Waals surface area contributed by atoms with Crippen LogP contribution in [0.5, 0.6) is 5.75 Å². The molecule has 0 saturated carbocycles. The molecule has 0 saturated heterocycles. The first-order chi connectivity index (χ1) is 10.6. The summed E-state index contributed by atoms with van der Waals surface area (Å²) in [5.41, 5.74) is 2.51. The Kier molecular flexibility index (Phi) is 5.55. The van der Waals surface area contributed by atoms with E-state index in [1.807, 2.05) is 43.3 Å². The van der Waals surface area contributed by atoms with E-state index in [1.165, 1.54) is 0 Å². The maximum absolute atomic E-state index is 12.1. The van der Waals surface area contributed by atoms with Crippen molar-refractivity contribution in [2.75, 3.05) is 13.6 Å². The molecule has 1 amide bonds. The van der Waals surface area contributed by atoms with Gasteiger partial charge in [-0.1, -0.05) is 30.3 Å². The van der Waals surface area contributed by atoms with Crippen molar-refractivity contribution >= 4 is 5.91 Å². The molecule has 2 aromatic carbocycles. The Morgan fingerprint density at radius 2 is 1.82 bits per heavy atom. The van der Waals surface area contributed by atoms with Crippen molar-refractivity contribution in [3.05, 3.63) is 65.2 Å². The van der Waals surface area contributed by atoms with Gasteiger partial charge in [0.1, 0.15) is 12.4 Å². The number of ether oxygens (including phenoxy) is 1. The molecule has 4 heteroatoms. The molecule has 0 aliphatic heterocycles. The third-order valence-corrected chi connectivity index (χ3v) is 3.51. The fraction of sp³-hybridized carbons (Fsp3) is 0.278. The average Bonchev–Trinajstić information content (AvgIpc) is 2.59. The van der Waals surface area contributed by atoms with E-state index in [0.717, 1.165) is 11.1 Å². The number of benzene rings is 2. The second-order valence-electron chi connectivity index (χ2n) is 5.11. The maximum Gasteiger partial charge on any atom is 0.253 e. The van der Waals surface area contributed by atoms with Gasteiger partial charge < -0.3 is 14.7 Å². The first-order valence-electron chi connectivity index (χ1n) is 7.31. The Morgan fingerprint density at radius 1 is 1.14 bits per heavy atom. The summed E-state index contributed by atoms with van der Waals surface area (Å²) in [4.78, 5) is 13.8. The topological polar surface area (TPSA) is 49.8 Å². The predicted molar refractivity (Wildman–Crippen MR) is 85.8 cm³/mol. The van der Waals surface area contributed by atoms with E-state index in [4.69, 9.17) is 9.84 Å². The molecule has 0 fully saturated rings. The van der Waals surface area contributed by atoms with Crippen molar-refractivity contribution in [1.29, 1.82) is 0 Å². The Balaban J connectivity index is 2.02. The van der Waals surface area contributed by atoms with Crippen molar-refractivity contribution < 1.29 is 14.6 Å². The van der Waals surface area contributed by atoms with E-state index in [0.29, 0.717) is 24.5 Å². The molecule has 0 bridgehead atoms. The molecule has 0 spiro atoms. The Labute approximate surface area is 131 Å². The van der Waals surface area contributed by atoms with Crippen LogP contribution in [0.3, 0.4) is 0 Å². The minimum atomic E-state index is -0.0137. The fourth-order valence-corrected chi connectivity index (χ4v) is 1.99. The molecule has 0 radical (unpaired) electrons. The third kappa shape index (κ3) is 4.09. The average molecular weight is 299 g/mol. The van der Waals surface area contributed by atoms with Gasteiger partial charge in [-0.2, -0.15) is 0 Å². The fourth-order valence-electron chi connectivity index (χ4n) is 1.99. The monoisotopic (exact) mass is 299 g/mol. The molecule has 0 unspecified atom stereocenters. The highest BCUT2D eigenvalue weighted by Gasteiger charge is 2.10. The van der Waals surface area contributed by atoms with Crippen LogP contribution in [-0.2, 0) is 13.2 Å². The number of amides is 1. The Morgan fingerprint density at radius 3 is 2.45 bits per heavy atom. The third-order valence-electron chi connectivity index (χ3n) is 3.51. The van der Waals surface area contributed by atoms with E-state index in [2.05, 4.69) is 0 Å². The van der Waals surface area contributed by atoms with Crippen molar-refractivity contribution in [3.8, 4) is 5.75 Å². The zero-order chi connectivity index (χ0) is 15.9. The summed E-state index contributed by atoms with van der Waals surface area (Å²) in [6.07, 6.45) is 0. The lowest BCUT2D eigenvalue weighted by Crippen LogP contribution is -2.26. The van der Waals surface area contributed by atoms with Crippen LogP contribution < -0.4 is 4.74 Å². The predicted octanol–water partition coefficient (Wildman–Crippen LogP) is 2.85. The second kappa shape index (κ2) is 7.61. The van der Waals surface area contributed by atoms with E-state index in [9.17, 15) is 4.79 Å². The van der Waals surface area contributed by atoms with Gasteiger partial charge in [0.15, 0.2) is 0 Å². The number of aliphatic hydroxyl groups is 1. The molecule has 2 aromatic rings. The summed E-state index contributed by atoms with van der Waals surface area (Å²) < 4.78 is 5.74. The van der Waals surface area contributed by atoms with Gasteiger partial charge in [-0.05, 0) is 36.2 Å². The molecule has 1 N–H and O–H groups in total. The molecule has 116 valence electrons. The van der Waals surface area contributed by atoms with E-state index in [1.54, 1.807) is 24.1 Å². The summed E-state index contributed by atoms with van der Waals surface area (Å²) in [6, 6.07) is 14.8. The van der Waals surface area contributed by atoms with Gasteiger partial charge in [-0.15, -0.1) is 0 Å². The molecule has 0 heterocycles. The number of carbonyl (C=O) groups is 1. The first kappa shape index (κ1) is 16.0. The van der Waals surface area contributed by atoms with Crippen LogP contribution in [0.1, 0.15) is 28.4 Å². The van der Waals surface area contributed by atoms with Gasteiger partial charge in [-0.25, -0.2) is 0 Å². The number of nitrogens with zero attached hydrogens (tertiary/aromatic N) is 1. The minimum Gasteiger partial charge on any atom is -0.489 e. The van der Waals surface area contributed by atoms with E-state index >= 15 is 0 Å².